The molecule has 0 aliphatic carbocycles. The first-order chi connectivity index (χ1) is 7.43. The topological polar surface area (TPSA) is 115 Å². The van der Waals surface area contributed by atoms with Gasteiger partial charge in [0.25, 0.3) is 0 Å². The number of ketones is 2. The molecule has 0 amide bonds. The molecule has 0 spiro atoms. The highest BCUT2D eigenvalue weighted by Gasteiger charge is 2.16. The molecule has 0 aromatic heterocycles. The fourth-order valence-electron chi connectivity index (χ4n) is 1.10. The fourth-order valence-corrected chi connectivity index (χ4v) is 1.10. The molecule has 0 radical (unpaired) electrons. The lowest BCUT2D eigenvalue weighted by atomic mass is 10.1. The summed E-state index contributed by atoms with van der Waals surface area (Å²) in [6.45, 7) is 0. The number of benzene rings is 1. The summed E-state index contributed by atoms with van der Waals surface area (Å²) >= 11 is 0. The number of hydrogen-bond acceptors (Lipinski definition) is 6. The third-order valence-corrected chi connectivity index (χ3v) is 1.92. The minimum Gasteiger partial charge on any atom is -0.362 e. The van der Waals surface area contributed by atoms with Crippen molar-refractivity contribution in [2.24, 2.45) is 0 Å². The summed E-state index contributed by atoms with van der Waals surface area (Å²) in [4.78, 5) is 22.2. The number of Topliss-reactive ketones (excluding diaryl/α,β-unsaturated/α-hetero) is 2. The molecule has 6 nitrogen and oxygen atoms in total. The van der Waals surface area contributed by atoms with E-state index in [1.54, 1.807) is 0 Å². The van der Waals surface area contributed by atoms with Crippen LogP contribution in [0.1, 0.15) is 20.7 Å². The van der Waals surface area contributed by atoms with Crippen molar-refractivity contribution in [1.29, 1.82) is 0 Å². The van der Waals surface area contributed by atoms with Gasteiger partial charge in [-0.05, 0) is 0 Å². The zero-order chi connectivity index (χ0) is 12.3. The molecule has 16 heavy (non-hydrogen) atoms. The van der Waals surface area contributed by atoms with Crippen LogP contribution in [0.25, 0.3) is 0 Å². The van der Waals surface area contributed by atoms with Gasteiger partial charge in [0.05, 0.1) is 0 Å². The van der Waals surface area contributed by atoms with E-state index in [2.05, 4.69) is 0 Å². The summed E-state index contributed by atoms with van der Waals surface area (Å²) in [5.41, 5.74) is 0.0259. The predicted molar refractivity (Wildman–Crippen MR) is 51.6 cm³/mol. The molecule has 0 saturated carbocycles. The van der Waals surface area contributed by atoms with Crippen molar-refractivity contribution in [3.05, 3.63) is 35.4 Å². The van der Waals surface area contributed by atoms with Crippen LogP contribution < -0.4 is 0 Å². The first-order valence-electron chi connectivity index (χ1n) is 4.34. The summed E-state index contributed by atoms with van der Waals surface area (Å²) < 4.78 is 0. The van der Waals surface area contributed by atoms with Crippen molar-refractivity contribution in [3.8, 4) is 0 Å². The maximum absolute atomic E-state index is 11.1. The van der Waals surface area contributed by atoms with Crippen LogP contribution in [0.5, 0.6) is 0 Å². The number of carbonyl (C=O) groups excluding carboxylic acids is 2. The second kappa shape index (κ2) is 4.95. The second-order valence-electron chi connectivity index (χ2n) is 3.05. The smallest absolute Gasteiger partial charge is 0.218 e. The monoisotopic (exact) mass is 226 g/mol. The van der Waals surface area contributed by atoms with Crippen molar-refractivity contribution in [2.45, 2.75) is 12.6 Å². The Labute approximate surface area is 90.4 Å². The second-order valence-corrected chi connectivity index (χ2v) is 3.05. The van der Waals surface area contributed by atoms with Gasteiger partial charge in [-0.15, -0.1) is 0 Å². The Morgan fingerprint density at radius 2 is 1.00 bits per heavy atom. The van der Waals surface area contributed by atoms with Gasteiger partial charge in [-0.3, -0.25) is 9.59 Å². The quantitative estimate of drug-likeness (QED) is 0.373. The van der Waals surface area contributed by atoms with Crippen LogP contribution in [-0.4, -0.2) is 44.6 Å². The van der Waals surface area contributed by atoms with Crippen LogP contribution in [0, 0.1) is 0 Å². The van der Waals surface area contributed by atoms with E-state index in [-0.39, 0.29) is 11.1 Å². The number of aliphatic hydroxyl groups is 4. The maximum Gasteiger partial charge on any atom is 0.218 e. The summed E-state index contributed by atoms with van der Waals surface area (Å²) in [7, 11) is 0. The highest BCUT2D eigenvalue weighted by molar-refractivity contribution is 6.01. The molecule has 0 saturated heterocycles. The van der Waals surface area contributed by atoms with Crippen LogP contribution in [0.15, 0.2) is 24.3 Å². The van der Waals surface area contributed by atoms with Gasteiger partial charge in [0, 0.05) is 11.1 Å². The molecule has 0 fully saturated rings. The average molecular weight is 226 g/mol. The van der Waals surface area contributed by atoms with Crippen molar-refractivity contribution in [3.63, 3.8) is 0 Å². The van der Waals surface area contributed by atoms with E-state index in [1.807, 2.05) is 0 Å². The normalized spacial score (nSPS) is 10.9. The first-order valence-corrected chi connectivity index (χ1v) is 4.34. The molecule has 0 bridgehead atoms. The number of rotatable bonds is 4. The average Bonchev–Trinajstić information content (AvgIpc) is 2.27. The molecular formula is C10H10O6. The SMILES string of the molecule is O=C(c1ccc(C(=O)C(O)O)cc1)C(O)O. The molecule has 86 valence electrons. The minimum atomic E-state index is -2.11. The Morgan fingerprint density at radius 1 is 0.750 bits per heavy atom. The lowest BCUT2D eigenvalue weighted by Crippen LogP contribution is -2.21. The van der Waals surface area contributed by atoms with Gasteiger partial charge in [-0.2, -0.15) is 0 Å². The van der Waals surface area contributed by atoms with Crippen LogP contribution >= 0.6 is 0 Å². The fraction of sp³-hybridized carbons (Fsp3) is 0.200. The lowest BCUT2D eigenvalue weighted by Gasteiger charge is -2.05. The van der Waals surface area contributed by atoms with Crippen LogP contribution in [-0.2, 0) is 0 Å². The lowest BCUT2D eigenvalue weighted by molar-refractivity contribution is -0.0198. The molecule has 0 heterocycles. The number of hydrogen-bond donors (Lipinski definition) is 4. The zero-order valence-electron chi connectivity index (χ0n) is 8.07. The van der Waals surface area contributed by atoms with Crippen LogP contribution in [0.2, 0.25) is 0 Å². The molecule has 0 aliphatic heterocycles. The highest BCUT2D eigenvalue weighted by atomic mass is 16.5. The van der Waals surface area contributed by atoms with Gasteiger partial charge in [-0.1, -0.05) is 24.3 Å². The maximum atomic E-state index is 11.1. The Kier molecular flexibility index (Phi) is 3.86. The van der Waals surface area contributed by atoms with E-state index in [0.29, 0.717) is 0 Å². The van der Waals surface area contributed by atoms with E-state index >= 15 is 0 Å². The zero-order valence-corrected chi connectivity index (χ0v) is 8.07. The predicted octanol–water partition coefficient (Wildman–Crippen LogP) is -1.33. The van der Waals surface area contributed by atoms with E-state index in [9.17, 15) is 9.59 Å². The van der Waals surface area contributed by atoms with Gasteiger partial charge < -0.3 is 20.4 Å². The molecule has 1 aromatic carbocycles. The standard InChI is InChI=1S/C10H10O6/c11-7(9(13)14)5-1-2-6(4-3-5)8(12)10(15)16/h1-4,9-10,13-16H. The van der Waals surface area contributed by atoms with E-state index in [0.717, 1.165) is 0 Å². The third kappa shape index (κ3) is 2.71. The minimum absolute atomic E-state index is 0.0129. The van der Waals surface area contributed by atoms with Crippen molar-refractivity contribution < 1.29 is 30.0 Å². The van der Waals surface area contributed by atoms with E-state index < -0.39 is 24.1 Å². The highest BCUT2D eigenvalue weighted by Crippen LogP contribution is 2.08. The summed E-state index contributed by atoms with van der Waals surface area (Å²) in [6.07, 6.45) is -4.21. The molecule has 4 N–H and O–H groups in total. The van der Waals surface area contributed by atoms with Gasteiger partial charge in [0.2, 0.25) is 24.1 Å². The molecule has 0 aliphatic rings. The number of aliphatic hydroxyl groups excluding tert-OH is 2. The molecule has 6 heteroatoms. The van der Waals surface area contributed by atoms with E-state index in [4.69, 9.17) is 20.4 Å². The Morgan fingerprint density at radius 3 is 1.19 bits per heavy atom. The molecule has 0 atom stereocenters. The van der Waals surface area contributed by atoms with Gasteiger partial charge in [0.15, 0.2) is 0 Å². The van der Waals surface area contributed by atoms with Crippen LogP contribution in [0.4, 0.5) is 0 Å². The largest absolute Gasteiger partial charge is 0.362 e. The summed E-state index contributed by atoms with van der Waals surface area (Å²) in [5, 5.41) is 34.4. The molecule has 1 rings (SSSR count). The Bertz CT molecular complexity index is 353. The molecule has 0 unspecified atom stereocenters. The number of carbonyl (C=O) groups is 2. The van der Waals surface area contributed by atoms with Gasteiger partial charge >= 0.3 is 0 Å². The van der Waals surface area contributed by atoms with Gasteiger partial charge in [-0.25, -0.2) is 0 Å². The summed E-state index contributed by atoms with van der Waals surface area (Å²) in [6, 6.07) is 4.77. The van der Waals surface area contributed by atoms with Crippen molar-refractivity contribution in [2.75, 3.05) is 0 Å². The summed E-state index contributed by atoms with van der Waals surface area (Å²) in [5.74, 6) is -1.80. The third-order valence-electron chi connectivity index (χ3n) is 1.92. The Hall–Kier alpha value is -1.60. The van der Waals surface area contributed by atoms with Crippen LogP contribution in [0.3, 0.4) is 0 Å². The molecular weight excluding hydrogens is 216 g/mol. The van der Waals surface area contributed by atoms with E-state index in [1.165, 1.54) is 24.3 Å². The van der Waals surface area contributed by atoms with Crippen molar-refractivity contribution >= 4 is 11.6 Å². The first kappa shape index (κ1) is 12.5. The van der Waals surface area contributed by atoms with Crippen molar-refractivity contribution in [1.82, 2.24) is 0 Å². The van der Waals surface area contributed by atoms with Gasteiger partial charge in [0.1, 0.15) is 0 Å². The Balaban J connectivity index is 2.92. The molecule has 1 aromatic rings.